The Hall–Kier alpha value is -5.89. The SMILES string of the molecule is N#Cc1ccc(-n2c3ccccc3c3cc(C4C=Cc5c(c6ccccc6n5-c5cccc6c5sc5ccccc56)C4)ccc32)cc1. The highest BCUT2D eigenvalue weighted by Crippen LogP contribution is 2.43. The number of hydrogen-bond donors (Lipinski definition) is 0. The van der Waals surface area contributed by atoms with Gasteiger partial charge in [0.15, 0.2) is 0 Å². The molecule has 1 aliphatic rings. The van der Waals surface area contributed by atoms with E-state index >= 15 is 0 Å². The van der Waals surface area contributed by atoms with E-state index in [2.05, 4.69) is 137 Å². The topological polar surface area (TPSA) is 33.6 Å². The lowest BCUT2D eigenvalue weighted by molar-refractivity contribution is 0.827. The van der Waals surface area contributed by atoms with Crippen LogP contribution in [0.15, 0.2) is 140 Å². The average molecular weight is 618 g/mol. The molecule has 0 N–H and O–H groups in total. The molecule has 0 radical (unpaired) electrons. The van der Waals surface area contributed by atoms with Crippen LogP contribution in [0.3, 0.4) is 0 Å². The Kier molecular flexibility index (Phi) is 5.64. The second kappa shape index (κ2) is 10.1. The molecule has 1 atom stereocenters. The van der Waals surface area contributed by atoms with Crippen LogP contribution in [0, 0.1) is 11.3 Å². The molecule has 10 rings (SSSR count). The van der Waals surface area contributed by atoms with E-state index in [9.17, 15) is 5.26 Å². The Bertz CT molecular complexity index is 2780. The first-order valence-electron chi connectivity index (χ1n) is 16.0. The van der Waals surface area contributed by atoms with Gasteiger partial charge in [-0.1, -0.05) is 78.9 Å². The third-order valence-electron chi connectivity index (χ3n) is 9.93. The number of nitrogens with zero attached hydrogens (tertiary/aromatic N) is 3. The lowest BCUT2D eigenvalue weighted by Gasteiger charge is -2.20. The minimum atomic E-state index is 0.267. The van der Waals surface area contributed by atoms with Crippen LogP contribution in [0.4, 0.5) is 0 Å². The van der Waals surface area contributed by atoms with Crippen molar-refractivity contribution in [2.75, 3.05) is 0 Å². The first kappa shape index (κ1) is 26.3. The van der Waals surface area contributed by atoms with Gasteiger partial charge in [0, 0.05) is 48.9 Å². The van der Waals surface area contributed by atoms with Crippen molar-refractivity contribution in [2.24, 2.45) is 0 Å². The molecule has 47 heavy (non-hydrogen) atoms. The van der Waals surface area contributed by atoms with E-state index in [1.807, 2.05) is 35.6 Å². The molecular weight excluding hydrogens is 591 g/mol. The minimum Gasteiger partial charge on any atom is -0.309 e. The largest absolute Gasteiger partial charge is 0.309 e. The van der Waals surface area contributed by atoms with Crippen molar-refractivity contribution < 1.29 is 0 Å². The summed E-state index contributed by atoms with van der Waals surface area (Å²) in [6, 6.07) is 50.1. The molecule has 3 heterocycles. The molecule has 4 heteroatoms. The van der Waals surface area contributed by atoms with Crippen LogP contribution in [-0.4, -0.2) is 9.13 Å². The monoisotopic (exact) mass is 617 g/mol. The molecule has 0 aliphatic heterocycles. The Balaban J connectivity index is 1.12. The summed E-state index contributed by atoms with van der Waals surface area (Å²) in [6.45, 7) is 0. The van der Waals surface area contributed by atoms with Gasteiger partial charge in [0.25, 0.3) is 0 Å². The smallest absolute Gasteiger partial charge is 0.0991 e. The van der Waals surface area contributed by atoms with Crippen molar-refractivity contribution >= 4 is 70.3 Å². The van der Waals surface area contributed by atoms with Crippen molar-refractivity contribution in [3.63, 3.8) is 0 Å². The third kappa shape index (κ3) is 3.84. The van der Waals surface area contributed by atoms with Crippen LogP contribution in [-0.2, 0) is 6.42 Å². The number of para-hydroxylation sites is 2. The maximum Gasteiger partial charge on any atom is 0.0991 e. The van der Waals surface area contributed by atoms with E-state index in [0.717, 1.165) is 12.1 Å². The van der Waals surface area contributed by atoms with Gasteiger partial charge in [-0.25, -0.2) is 0 Å². The summed E-state index contributed by atoms with van der Waals surface area (Å²) < 4.78 is 7.46. The van der Waals surface area contributed by atoms with E-state index in [1.165, 1.54) is 75.4 Å². The highest BCUT2D eigenvalue weighted by molar-refractivity contribution is 7.26. The molecule has 1 unspecified atom stereocenters. The predicted molar refractivity (Wildman–Crippen MR) is 197 cm³/mol. The van der Waals surface area contributed by atoms with Crippen LogP contribution in [0.1, 0.15) is 28.3 Å². The fourth-order valence-electron chi connectivity index (χ4n) is 7.79. The van der Waals surface area contributed by atoms with Gasteiger partial charge in [0.1, 0.15) is 0 Å². The molecule has 0 amide bonds. The number of rotatable bonds is 3. The van der Waals surface area contributed by atoms with Crippen molar-refractivity contribution in [3.05, 3.63) is 162 Å². The molecule has 0 spiro atoms. The normalized spacial score (nSPS) is 14.4. The van der Waals surface area contributed by atoms with Gasteiger partial charge in [-0.3, -0.25) is 0 Å². The summed E-state index contributed by atoms with van der Waals surface area (Å²) in [5.74, 6) is 0.267. The van der Waals surface area contributed by atoms with Gasteiger partial charge in [-0.15, -0.1) is 11.3 Å². The standard InChI is InChI=1S/C43H27N3S/c44-26-27-16-20-30(21-17-27)45-37-12-4-1-8-31(37)35-24-28(18-22-39(35)45)29-19-23-40-36(25-29)32-9-2-5-13-38(32)46(40)41-14-7-11-34-33-10-3-6-15-42(33)47-43(34)41/h1-24,29H,25H2. The highest BCUT2D eigenvalue weighted by atomic mass is 32.1. The van der Waals surface area contributed by atoms with Crippen molar-refractivity contribution in [1.29, 1.82) is 5.26 Å². The van der Waals surface area contributed by atoms with E-state index in [-0.39, 0.29) is 5.92 Å². The van der Waals surface area contributed by atoms with Gasteiger partial charge < -0.3 is 9.13 Å². The first-order valence-corrected chi connectivity index (χ1v) is 16.8. The number of nitriles is 1. The van der Waals surface area contributed by atoms with Crippen molar-refractivity contribution in [1.82, 2.24) is 9.13 Å². The van der Waals surface area contributed by atoms with Gasteiger partial charge >= 0.3 is 0 Å². The second-order valence-electron chi connectivity index (χ2n) is 12.4. The first-order chi connectivity index (χ1) is 23.3. The molecule has 9 aromatic rings. The molecule has 6 aromatic carbocycles. The summed E-state index contributed by atoms with van der Waals surface area (Å²) in [7, 11) is 0. The molecule has 0 fully saturated rings. The van der Waals surface area contributed by atoms with Crippen LogP contribution in [0.25, 0.3) is 70.3 Å². The Morgan fingerprint density at radius 1 is 0.617 bits per heavy atom. The molecule has 0 saturated heterocycles. The van der Waals surface area contributed by atoms with Gasteiger partial charge in [0.05, 0.1) is 38.6 Å². The molecule has 0 saturated carbocycles. The van der Waals surface area contributed by atoms with Gasteiger partial charge in [-0.05, 0) is 84.3 Å². The summed E-state index contributed by atoms with van der Waals surface area (Å²) >= 11 is 1.89. The zero-order valence-electron chi connectivity index (χ0n) is 25.4. The summed E-state index contributed by atoms with van der Waals surface area (Å²) in [4.78, 5) is 0. The van der Waals surface area contributed by atoms with Gasteiger partial charge in [-0.2, -0.15) is 5.26 Å². The summed E-state index contributed by atoms with van der Waals surface area (Å²) in [5.41, 5.74) is 10.6. The minimum absolute atomic E-state index is 0.267. The summed E-state index contributed by atoms with van der Waals surface area (Å²) in [5, 5.41) is 15.8. The number of thiophene rings is 1. The molecular formula is C43H27N3S. The average Bonchev–Trinajstić information content (AvgIpc) is 3.79. The Morgan fingerprint density at radius 2 is 1.32 bits per heavy atom. The fourth-order valence-corrected chi connectivity index (χ4v) is 9.00. The number of allylic oxidation sites excluding steroid dienone is 1. The molecule has 220 valence electrons. The number of hydrogen-bond acceptors (Lipinski definition) is 2. The van der Waals surface area contributed by atoms with Crippen LogP contribution < -0.4 is 0 Å². The lowest BCUT2D eigenvalue weighted by atomic mass is 9.86. The number of fused-ring (bicyclic) bond motifs is 9. The van der Waals surface area contributed by atoms with E-state index < -0.39 is 0 Å². The Morgan fingerprint density at radius 3 is 2.15 bits per heavy atom. The van der Waals surface area contributed by atoms with Crippen LogP contribution in [0.2, 0.25) is 0 Å². The predicted octanol–water partition coefficient (Wildman–Crippen LogP) is 11.3. The zero-order valence-corrected chi connectivity index (χ0v) is 26.2. The highest BCUT2D eigenvalue weighted by Gasteiger charge is 2.25. The van der Waals surface area contributed by atoms with Crippen molar-refractivity contribution in [3.8, 4) is 17.4 Å². The van der Waals surface area contributed by atoms with E-state index in [1.54, 1.807) is 0 Å². The maximum absolute atomic E-state index is 9.34. The van der Waals surface area contributed by atoms with Crippen LogP contribution in [0.5, 0.6) is 0 Å². The molecule has 0 bridgehead atoms. The fraction of sp³-hybridized carbons (Fsp3) is 0.0465. The summed E-state index contributed by atoms with van der Waals surface area (Å²) in [6.07, 6.45) is 5.71. The third-order valence-corrected chi connectivity index (χ3v) is 11.1. The van der Waals surface area contributed by atoms with E-state index in [4.69, 9.17) is 0 Å². The Labute approximate surface area is 275 Å². The number of benzene rings is 6. The second-order valence-corrected chi connectivity index (χ2v) is 13.5. The zero-order chi connectivity index (χ0) is 31.1. The van der Waals surface area contributed by atoms with Crippen molar-refractivity contribution in [2.45, 2.75) is 12.3 Å². The van der Waals surface area contributed by atoms with Crippen LogP contribution >= 0.6 is 11.3 Å². The quantitative estimate of drug-likeness (QED) is 0.194. The molecule has 3 aromatic heterocycles. The maximum atomic E-state index is 9.34. The molecule has 1 aliphatic carbocycles. The number of aromatic nitrogens is 2. The molecule has 3 nitrogen and oxygen atoms in total. The van der Waals surface area contributed by atoms with Gasteiger partial charge in [0.2, 0.25) is 0 Å². The lowest BCUT2D eigenvalue weighted by Crippen LogP contribution is -2.07. The van der Waals surface area contributed by atoms with E-state index in [0.29, 0.717) is 5.56 Å².